The largest absolute Gasteiger partial charge is 0.481 e. The SMILES string of the molecule is F.N.N.O=C(O)CC(O)(CC(=O)O)C(=O)O.OCC(O)CO. The molecule has 0 aromatic heterocycles. The summed E-state index contributed by atoms with van der Waals surface area (Å²) in [5.74, 6) is -5.02. The van der Waals surface area contributed by atoms with Crippen LogP contribution in [-0.4, -0.2) is 78.6 Å². The Hall–Kier alpha value is -1.90. The lowest BCUT2D eigenvalue weighted by Gasteiger charge is -2.18. The van der Waals surface area contributed by atoms with Crippen LogP contribution in [0.25, 0.3) is 0 Å². The average molecular weight is 338 g/mol. The molecule has 22 heavy (non-hydrogen) atoms. The van der Waals surface area contributed by atoms with E-state index in [4.69, 9.17) is 35.7 Å². The highest BCUT2D eigenvalue weighted by Gasteiger charge is 2.40. The molecule has 13 heteroatoms. The van der Waals surface area contributed by atoms with Crippen LogP contribution in [0.15, 0.2) is 0 Å². The van der Waals surface area contributed by atoms with Crippen LogP contribution in [0.1, 0.15) is 12.8 Å². The fourth-order valence-electron chi connectivity index (χ4n) is 0.772. The summed E-state index contributed by atoms with van der Waals surface area (Å²) in [6.07, 6.45) is -3.24. The van der Waals surface area contributed by atoms with Crippen molar-refractivity contribution in [3.8, 4) is 0 Å². The van der Waals surface area contributed by atoms with E-state index in [2.05, 4.69) is 0 Å². The number of rotatable bonds is 7. The van der Waals surface area contributed by atoms with Crippen LogP contribution in [0.5, 0.6) is 0 Å². The normalized spacial score (nSPS) is 9.14. The van der Waals surface area contributed by atoms with Crippen molar-refractivity contribution in [3.63, 3.8) is 0 Å². The van der Waals surface area contributed by atoms with Crippen molar-refractivity contribution >= 4 is 17.9 Å². The van der Waals surface area contributed by atoms with E-state index in [1.807, 2.05) is 0 Å². The Labute approximate surface area is 124 Å². The van der Waals surface area contributed by atoms with Crippen LogP contribution in [-0.2, 0) is 14.4 Å². The van der Waals surface area contributed by atoms with Gasteiger partial charge in [-0.15, -0.1) is 0 Å². The Morgan fingerprint density at radius 1 is 0.864 bits per heavy atom. The van der Waals surface area contributed by atoms with Crippen molar-refractivity contribution in [1.82, 2.24) is 12.3 Å². The minimum atomic E-state index is -2.74. The molecule has 0 heterocycles. The smallest absolute Gasteiger partial charge is 0.336 e. The van der Waals surface area contributed by atoms with Gasteiger partial charge in [-0.25, -0.2) is 4.79 Å². The summed E-state index contributed by atoms with van der Waals surface area (Å²) in [5, 5.41) is 57.8. The first-order valence-corrected chi connectivity index (χ1v) is 4.88. The molecule has 0 saturated carbocycles. The zero-order chi connectivity index (χ0) is 15.6. The molecule has 0 bridgehead atoms. The highest BCUT2D eigenvalue weighted by Crippen LogP contribution is 2.15. The fraction of sp³-hybridized carbons (Fsp3) is 0.667. The van der Waals surface area contributed by atoms with Crippen molar-refractivity contribution in [2.75, 3.05) is 13.2 Å². The molecule has 0 amide bonds. The molecule has 0 radical (unpaired) electrons. The molecular weight excluding hydrogens is 315 g/mol. The summed E-state index contributed by atoms with van der Waals surface area (Å²) >= 11 is 0. The third kappa shape index (κ3) is 16.2. The lowest BCUT2D eigenvalue weighted by atomic mass is 9.96. The van der Waals surface area contributed by atoms with Gasteiger partial charge in [0.25, 0.3) is 0 Å². The third-order valence-corrected chi connectivity index (χ3v) is 1.71. The Bertz CT molecular complexity index is 308. The van der Waals surface area contributed by atoms with E-state index in [-0.39, 0.29) is 30.2 Å². The van der Waals surface area contributed by atoms with Gasteiger partial charge in [-0.2, -0.15) is 0 Å². The van der Waals surface area contributed by atoms with Crippen LogP contribution in [0, 0.1) is 0 Å². The van der Waals surface area contributed by atoms with Crippen molar-refractivity contribution in [2.45, 2.75) is 24.5 Å². The van der Waals surface area contributed by atoms with E-state index < -0.39 is 42.5 Å². The van der Waals surface area contributed by atoms with Crippen molar-refractivity contribution in [2.24, 2.45) is 0 Å². The van der Waals surface area contributed by atoms with Gasteiger partial charge in [-0.3, -0.25) is 14.3 Å². The molecule has 136 valence electrons. The summed E-state index contributed by atoms with van der Waals surface area (Å²) in [7, 11) is 0. The predicted octanol–water partition coefficient (Wildman–Crippen LogP) is -2.44. The first-order valence-electron chi connectivity index (χ1n) is 4.88. The second-order valence-corrected chi connectivity index (χ2v) is 3.50. The molecular formula is C9H23FN2O10. The van der Waals surface area contributed by atoms with Gasteiger partial charge in [0.05, 0.1) is 26.1 Å². The summed E-state index contributed by atoms with van der Waals surface area (Å²) < 4.78 is 0. The monoisotopic (exact) mass is 338 g/mol. The quantitative estimate of drug-likeness (QED) is 0.234. The number of aliphatic carboxylic acids is 3. The standard InChI is InChI=1S/C6H8O7.C3H8O3.FH.2H3N/c7-3(8)1-6(13,5(11)12)2-4(9)10;4-1-3(6)2-5;;;/h13H,1-2H2,(H,7,8)(H,9,10)(H,11,12);3-6H,1-2H2;1H;2*1H3. The minimum absolute atomic E-state index is 0. The second kappa shape index (κ2) is 15.5. The number of carboxylic acids is 3. The van der Waals surface area contributed by atoms with E-state index in [9.17, 15) is 14.4 Å². The van der Waals surface area contributed by atoms with E-state index in [0.717, 1.165) is 0 Å². The molecule has 13 N–H and O–H groups in total. The first kappa shape index (κ1) is 32.2. The maximum absolute atomic E-state index is 10.3. The predicted molar refractivity (Wildman–Crippen MR) is 69.8 cm³/mol. The summed E-state index contributed by atoms with van der Waals surface area (Å²) in [6, 6.07) is 0. The molecule has 12 nitrogen and oxygen atoms in total. The Morgan fingerprint density at radius 3 is 1.23 bits per heavy atom. The average Bonchev–Trinajstić information content (AvgIpc) is 2.26. The van der Waals surface area contributed by atoms with Gasteiger partial charge < -0.3 is 48.0 Å². The zero-order valence-corrected chi connectivity index (χ0v) is 11.6. The van der Waals surface area contributed by atoms with Gasteiger partial charge in [-0.05, 0) is 0 Å². The lowest BCUT2D eigenvalue weighted by Crippen LogP contribution is -2.42. The van der Waals surface area contributed by atoms with E-state index in [0.29, 0.717) is 0 Å². The van der Waals surface area contributed by atoms with Crippen LogP contribution >= 0.6 is 0 Å². The number of aliphatic hydroxyl groups excluding tert-OH is 3. The maximum Gasteiger partial charge on any atom is 0.336 e. The second-order valence-electron chi connectivity index (χ2n) is 3.50. The third-order valence-electron chi connectivity index (χ3n) is 1.71. The highest BCUT2D eigenvalue weighted by molar-refractivity contribution is 5.88. The van der Waals surface area contributed by atoms with Crippen LogP contribution in [0.3, 0.4) is 0 Å². The maximum atomic E-state index is 10.3. The summed E-state index contributed by atoms with van der Waals surface area (Å²) in [4.78, 5) is 30.5. The van der Waals surface area contributed by atoms with Gasteiger partial charge in [0, 0.05) is 0 Å². The Balaban J connectivity index is -0.0000000933. The van der Waals surface area contributed by atoms with Gasteiger partial charge >= 0.3 is 17.9 Å². The molecule has 0 atom stereocenters. The minimum Gasteiger partial charge on any atom is -0.481 e. The van der Waals surface area contributed by atoms with Crippen LogP contribution < -0.4 is 12.3 Å². The molecule has 0 aromatic carbocycles. The Morgan fingerprint density at radius 2 is 1.14 bits per heavy atom. The number of hydrogen-bond donors (Lipinski definition) is 9. The topological polar surface area (TPSA) is 263 Å². The molecule has 0 aliphatic heterocycles. The Kier molecular flexibility index (Phi) is 22.6. The molecule has 0 aromatic rings. The molecule has 0 fully saturated rings. The van der Waals surface area contributed by atoms with Crippen molar-refractivity contribution in [3.05, 3.63) is 0 Å². The zero-order valence-electron chi connectivity index (χ0n) is 11.6. The van der Waals surface area contributed by atoms with E-state index in [1.165, 1.54) is 0 Å². The van der Waals surface area contributed by atoms with Crippen LogP contribution in [0.4, 0.5) is 4.70 Å². The van der Waals surface area contributed by atoms with Crippen molar-refractivity contribution in [1.29, 1.82) is 0 Å². The fourth-order valence-corrected chi connectivity index (χ4v) is 0.772. The van der Waals surface area contributed by atoms with Crippen LogP contribution in [0.2, 0.25) is 0 Å². The van der Waals surface area contributed by atoms with Crippen molar-refractivity contribution < 1.29 is 54.8 Å². The number of carboxylic acid groups (broad SMARTS) is 3. The number of aliphatic hydroxyl groups is 4. The van der Waals surface area contributed by atoms with E-state index >= 15 is 0 Å². The van der Waals surface area contributed by atoms with Gasteiger partial charge in [0.15, 0.2) is 5.60 Å². The van der Waals surface area contributed by atoms with Gasteiger partial charge in [0.1, 0.15) is 6.10 Å². The summed E-state index contributed by atoms with van der Waals surface area (Å²) in [6.45, 7) is -0.729. The summed E-state index contributed by atoms with van der Waals surface area (Å²) in [5.41, 5.74) is -2.74. The molecule has 0 spiro atoms. The highest BCUT2D eigenvalue weighted by atomic mass is 19.0. The number of halogens is 1. The lowest BCUT2D eigenvalue weighted by molar-refractivity contribution is -0.170. The number of hydrogen-bond acceptors (Lipinski definition) is 9. The molecule has 0 saturated heterocycles. The molecule has 0 rings (SSSR count). The van der Waals surface area contributed by atoms with E-state index in [1.54, 1.807) is 0 Å². The number of carbonyl (C=O) groups is 3. The van der Waals surface area contributed by atoms with Gasteiger partial charge in [0.2, 0.25) is 0 Å². The molecule has 0 aliphatic carbocycles. The van der Waals surface area contributed by atoms with Gasteiger partial charge in [-0.1, -0.05) is 0 Å². The first-order chi connectivity index (χ1) is 8.58. The molecule has 0 aliphatic rings. The molecule has 0 unspecified atom stereocenters.